The van der Waals surface area contributed by atoms with Gasteiger partial charge in [-0.1, -0.05) is 18.2 Å². The number of morpholine rings is 1. The standard InChI is InChI=1S/C24H28FN5O2/c1-15-14-32-11-10-30(15)23-27-20-13-29(22(31)24(2,3)25)9-8-17(20)21(28-23)18-12-26-19-7-5-4-6-16(18)19/h4-7,12,15,26H,8-11,13-14H2,1-3H3. The fraction of sp³-hybridized carbons (Fsp3) is 0.458. The number of carbonyl (C=O) groups excluding carboxylic acids is 1. The van der Waals surface area contributed by atoms with Crippen molar-refractivity contribution in [3.8, 4) is 11.3 Å². The minimum absolute atomic E-state index is 0.142. The van der Waals surface area contributed by atoms with E-state index in [2.05, 4.69) is 22.9 Å². The highest BCUT2D eigenvalue weighted by atomic mass is 19.1. The third-order valence-electron chi connectivity index (χ3n) is 6.32. The third kappa shape index (κ3) is 3.62. The molecule has 4 heterocycles. The number of ether oxygens (including phenoxy) is 1. The van der Waals surface area contributed by atoms with Gasteiger partial charge in [-0.3, -0.25) is 4.79 Å². The molecule has 1 atom stereocenters. The first-order chi connectivity index (χ1) is 15.3. The van der Waals surface area contributed by atoms with Crippen molar-refractivity contribution < 1.29 is 13.9 Å². The molecule has 0 aliphatic carbocycles. The van der Waals surface area contributed by atoms with Crippen LogP contribution in [0.15, 0.2) is 30.5 Å². The van der Waals surface area contributed by atoms with Crippen LogP contribution in [0.2, 0.25) is 0 Å². The molecule has 1 unspecified atom stereocenters. The Bertz CT molecular complexity index is 1170. The Morgan fingerprint density at radius 1 is 1.25 bits per heavy atom. The molecule has 0 bridgehead atoms. The van der Waals surface area contributed by atoms with E-state index in [0.29, 0.717) is 38.7 Å². The summed E-state index contributed by atoms with van der Waals surface area (Å²) in [6.07, 6.45) is 2.58. The highest BCUT2D eigenvalue weighted by Crippen LogP contribution is 2.35. The Morgan fingerprint density at radius 3 is 2.84 bits per heavy atom. The van der Waals surface area contributed by atoms with Gasteiger partial charge in [0.05, 0.1) is 37.2 Å². The van der Waals surface area contributed by atoms with Crippen LogP contribution in [-0.4, -0.2) is 63.8 Å². The van der Waals surface area contributed by atoms with Crippen LogP contribution in [0.5, 0.6) is 0 Å². The lowest BCUT2D eigenvalue weighted by atomic mass is 9.97. The van der Waals surface area contributed by atoms with Crippen LogP contribution in [0.1, 0.15) is 32.0 Å². The van der Waals surface area contributed by atoms with E-state index < -0.39 is 11.6 Å². The van der Waals surface area contributed by atoms with Crippen molar-refractivity contribution in [2.45, 2.75) is 45.4 Å². The van der Waals surface area contributed by atoms with Crippen LogP contribution in [-0.2, 0) is 22.5 Å². The number of fused-ring (bicyclic) bond motifs is 2. The average Bonchev–Trinajstić information content (AvgIpc) is 3.21. The molecule has 0 radical (unpaired) electrons. The van der Waals surface area contributed by atoms with Crippen molar-refractivity contribution in [3.05, 3.63) is 41.7 Å². The second-order valence-electron chi connectivity index (χ2n) is 9.11. The molecule has 1 aromatic carbocycles. The maximum absolute atomic E-state index is 14.4. The number of nitrogens with one attached hydrogen (secondary N) is 1. The molecule has 2 aliphatic rings. The number of halogens is 1. The van der Waals surface area contributed by atoms with E-state index >= 15 is 0 Å². The molecule has 2 aromatic heterocycles. The summed E-state index contributed by atoms with van der Waals surface area (Å²) >= 11 is 0. The molecule has 1 fully saturated rings. The number of amides is 1. The number of anilines is 1. The predicted molar refractivity (Wildman–Crippen MR) is 121 cm³/mol. The van der Waals surface area contributed by atoms with Crippen molar-refractivity contribution >= 4 is 22.8 Å². The lowest BCUT2D eigenvalue weighted by Gasteiger charge is -2.36. The molecule has 1 N–H and O–H groups in total. The van der Waals surface area contributed by atoms with Gasteiger partial charge in [0.25, 0.3) is 5.91 Å². The Hall–Kier alpha value is -3.00. The number of hydrogen-bond acceptors (Lipinski definition) is 5. The molecular weight excluding hydrogens is 409 g/mol. The second kappa shape index (κ2) is 7.85. The summed E-state index contributed by atoms with van der Waals surface area (Å²) in [5, 5.41) is 1.10. The normalized spacial score (nSPS) is 19.3. The van der Waals surface area contributed by atoms with E-state index in [4.69, 9.17) is 14.7 Å². The largest absolute Gasteiger partial charge is 0.377 e. The van der Waals surface area contributed by atoms with Crippen LogP contribution in [0.25, 0.3) is 22.2 Å². The molecule has 0 spiro atoms. The number of nitrogens with zero attached hydrogens (tertiary/aromatic N) is 4. The molecular formula is C24H28FN5O2. The number of benzene rings is 1. The number of hydrogen-bond donors (Lipinski definition) is 1. The number of para-hydroxylation sites is 1. The fourth-order valence-corrected chi connectivity index (χ4v) is 4.61. The first-order valence-corrected chi connectivity index (χ1v) is 11.1. The van der Waals surface area contributed by atoms with E-state index in [0.717, 1.165) is 33.4 Å². The summed E-state index contributed by atoms with van der Waals surface area (Å²) in [6, 6.07) is 8.28. The SMILES string of the molecule is CC1COCCN1c1nc2c(c(-c3c[nH]c4ccccc34)n1)CCN(C(=O)C(C)(C)F)C2. The minimum atomic E-state index is -1.91. The molecule has 168 valence electrons. The Balaban J connectivity index is 1.63. The Morgan fingerprint density at radius 2 is 2.06 bits per heavy atom. The topological polar surface area (TPSA) is 74.3 Å². The zero-order valence-electron chi connectivity index (χ0n) is 18.7. The number of aromatic nitrogens is 3. The van der Waals surface area contributed by atoms with Gasteiger partial charge in [-0.25, -0.2) is 14.4 Å². The van der Waals surface area contributed by atoms with E-state index in [1.165, 1.54) is 13.8 Å². The molecule has 0 saturated carbocycles. The average molecular weight is 438 g/mol. The maximum atomic E-state index is 14.4. The Kier molecular flexibility index (Phi) is 5.12. The first-order valence-electron chi connectivity index (χ1n) is 11.1. The molecule has 8 heteroatoms. The van der Waals surface area contributed by atoms with Gasteiger partial charge in [0, 0.05) is 41.3 Å². The van der Waals surface area contributed by atoms with E-state index in [1.54, 1.807) is 4.90 Å². The van der Waals surface area contributed by atoms with E-state index in [9.17, 15) is 9.18 Å². The van der Waals surface area contributed by atoms with Crippen LogP contribution >= 0.6 is 0 Å². The lowest BCUT2D eigenvalue weighted by molar-refractivity contribution is -0.142. The summed E-state index contributed by atoms with van der Waals surface area (Å²) in [7, 11) is 0. The number of rotatable bonds is 3. The molecule has 2 aliphatic heterocycles. The zero-order valence-corrected chi connectivity index (χ0v) is 18.7. The Labute approximate surface area is 186 Å². The van der Waals surface area contributed by atoms with Gasteiger partial charge in [0.15, 0.2) is 5.67 Å². The summed E-state index contributed by atoms with van der Waals surface area (Å²) in [5.74, 6) is 0.130. The maximum Gasteiger partial charge on any atom is 0.260 e. The number of H-pyrrole nitrogens is 1. The molecule has 1 amide bonds. The number of aromatic amines is 1. The van der Waals surface area contributed by atoms with Crippen LogP contribution in [0.3, 0.4) is 0 Å². The van der Waals surface area contributed by atoms with E-state index in [1.807, 2.05) is 24.4 Å². The molecule has 3 aromatic rings. The van der Waals surface area contributed by atoms with Gasteiger partial charge >= 0.3 is 0 Å². The van der Waals surface area contributed by atoms with Crippen LogP contribution in [0.4, 0.5) is 10.3 Å². The molecule has 32 heavy (non-hydrogen) atoms. The lowest BCUT2D eigenvalue weighted by Crippen LogP contribution is -2.46. The third-order valence-corrected chi connectivity index (χ3v) is 6.32. The van der Waals surface area contributed by atoms with Gasteiger partial charge in [-0.15, -0.1) is 0 Å². The van der Waals surface area contributed by atoms with Gasteiger partial charge < -0.3 is 19.5 Å². The smallest absolute Gasteiger partial charge is 0.260 e. The van der Waals surface area contributed by atoms with Crippen LogP contribution < -0.4 is 4.90 Å². The summed E-state index contributed by atoms with van der Waals surface area (Å²) in [4.78, 5) is 29.6. The number of carbonyl (C=O) groups is 1. The van der Waals surface area contributed by atoms with Crippen molar-refractivity contribution in [3.63, 3.8) is 0 Å². The summed E-state index contributed by atoms with van der Waals surface area (Å²) in [6.45, 7) is 7.38. The molecule has 5 rings (SSSR count). The van der Waals surface area contributed by atoms with Gasteiger partial charge in [0.1, 0.15) is 0 Å². The zero-order chi connectivity index (χ0) is 22.5. The first kappa shape index (κ1) is 20.9. The molecule has 7 nitrogen and oxygen atoms in total. The monoisotopic (exact) mass is 437 g/mol. The quantitative estimate of drug-likeness (QED) is 0.679. The second-order valence-corrected chi connectivity index (χ2v) is 9.11. The van der Waals surface area contributed by atoms with E-state index in [-0.39, 0.29) is 12.6 Å². The van der Waals surface area contributed by atoms with Crippen molar-refractivity contribution in [1.82, 2.24) is 19.9 Å². The highest BCUT2D eigenvalue weighted by Gasteiger charge is 2.35. The highest BCUT2D eigenvalue weighted by molar-refractivity contribution is 5.95. The fourth-order valence-electron chi connectivity index (χ4n) is 4.61. The predicted octanol–water partition coefficient (Wildman–Crippen LogP) is 3.48. The summed E-state index contributed by atoms with van der Waals surface area (Å²) in [5.41, 5.74) is 2.85. The van der Waals surface area contributed by atoms with Gasteiger partial charge in [-0.2, -0.15) is 0 Å². The molecule has 1 saturated heterocycles. The van der Waals surface area contributed by atoms with Crippen LogP contribution in [0, 0.1) is 0 Å². The van der Waals surface area contributed by atoms with Crippen molar-refractivity contribution in [1.29, 1.82) is 0 Å². The van der Waals surface area contributed by atoms with Gasteiger partial charge in [0.2, 0.25) is 5.95 Å². The minimum Gasteiger partial charge on any atom is -0.377 e. The summed E-state index contributed by atoms with van der Waals surface area (Å²) < 4.78 is 20.0. The van der Waals surface area contributed by atoms with Gasteiger partial charge in [-0.05, 0) is 33.3 Å². The van der Waals surface area contributed by atoms with Crippen molar-refractivity contribution in [2.75, 3.05) is 31.2 Å². The van der Waals surface area contributed by atoms with Crippen molar-refractivity contribution in [2.24, 2.45) is 0 Å². The number of alkyl halides is 1.